The van der Waals surface area contributed by atoms with Crippen LogP contribution < -0.4 is 15.4 Å². The third-order valence-corrected chi connectivity index (χ3v) is 7.39. The first kappa shape index (κ1) is 26.1. The Morgan fingerprint density at radius 1 is 1.19 bits per heavy atom. The molecule has 0 aliphatic carbocycles. The van der Waals surface area contributed by atoms with E-state index in [0.717, 1.165) is 29.1 Å². The summed E-state index contributed by atoms with van der Waals surface area (Å²) in [6.07, 6.45) is 4.28. The topological polar surface area (TPSA) is 128 Å². The summed E-state index contributed by atoms with van der Waals surface area (Å²) in [4.78, 5) is 42.4. The second kappa shape index (κ2) is 11.0. The molecule has 1 atom stereocenters. The Balaban J connectivity index is 1.50. The molecule has 2 N–H and O–H groups in total. The van der Waals surface area contributed by atoms with Crippen LogP contribution in [-0.4, -0.2) is 63.6 Å². The summed E-state index contributed by atoms with van der Waals surface area (Å²) in [6, 6.07) is 6.95. The molecule has 1 aliphatic heterocycles. The van der Waals surface area contributed by atoms with Crippen molar-refractivity contribution in [2.75, 3.05) is 25.6 Å². The zero-order valence-corrected chi connectivity index (χ0v) is 22.1. The first-order valence-corrected chi connectivity index (χ1v) is 12.8. The Morgan fingerprint density at radius 3 is 2.54 bits per heavy atom. The molecule has 4 rings (SSSR count). The highest BCUT2D eigenvalue weighted by molar-refractivity contribution is 7.19. The maximum Gasteiger partial charge on any atom is 0.341 e. The van der Waals surface area contributed by atoms with Gasteiger partial charge in [-0.2, -0.15) is 10.2 Å². The lowest BCUT2D eigenvalue weighted by molar-refractivity contribution is -0.141. The highest BCUT2D eigenvalue weighted by Gasteiger charge is 2.41. The largest absolute Gasteiger partial charge is 0.497 e. The molecule has 0 saturated carbocycles. The molecule has 1 aliphatic rings. The number of urea groups is 1. The zero-order chi connectivity index (χ0) is 26.6. The number of nitrogens with zero attached hydrogens (tertiary/aromatic N) is 4. The molecule has 2 aromatic heterocycles. The van der Waals surface area contributed by atoms with Crippen LogP contribution in [0.3, 0.4) is 0 Å². The SMILES string of the molecule is CCOC(=O)c1c(NC(=O)NC2(C)CCCN(Cc3ccc(OC)cc3)C2=O)sc(-n2nccn2)c1C. The van der Waals surface area contributed by atoms with Gasteiger partial charge >= 0.3 is 12.0 Å². The predicted molar refractivity (Wildman–Crippen MR) is 138 cm³/mol. The third kappa shape index (κ3) is 5.58. The van der Waals surface area contributed by atoms with E-state index in [2.05, 4.69) is 20.8 Å². The molecule has 12 heteroatoms. The average molecular weight is 527 g/mol. The number of anilines is 1. The maximum absolute atomic E-state index is 13.4. The van der Waals surface area contributed by atoms with Gasteiger partial charge in [0.1, 0.15) is 21.3 Å². The number of carbonyl (C=O) groups is 3. The summed E-state index contributed by atoms with van der Waals surface area (Å²) in [5.41, 5.74) is 0.685. The number of esters is 1. The van der Waals surface area contributed by atoms with E-state index >= 15 is 0 Å². The number of amides is 3. The van der Waals surface area contributed by atoms with Gasteiger partial charge in [0.15, 0.2) is 0 Å². The average Bonchev–Trinajstić information content (AvgIpc) is 3.50. The van der Waals surface area contributed by atoms with Crippen molar-refractivity contribution in [1.82, 2.24) is 25.2 Å². The number of piperidine rings is 1. The van der Waals surface area contributed by atoms with Crippen LogP contribution in [0, 0.1) is 6.92 Å². The monoisotopic (exact) mass is 526 g/mol. The summed E-state index contributed by atoms with van der Waals surface area (Å²) in [6.45, 7) is 6.39. The van der Waals surface area contributed by atoms with Crippen LogP contribution in [0.15, 0.2) is 36.7 Å². The van der Waals surface area contributed by atoms with Gasteiger partial charge in [0.25, 0.3) is 0 Å². The van der Waals surface area contributed by atoms with E-state index < -0.39 is 17.5 Å². The molecule has 1 aromatic carbocycles. The molecule has 3 aromatic rings. The van der Waals surface area contributed by atoms with Gasteiger partial charge in [-0.25, -0.2) is 9.59 Å². The Bertz CT molecular complexity index is 1270. The lowest BCUT2D eigenvalue weighted by Gasteiger charge is -2.39. The van der Waals surface area contributed by atoms with Crippen molar-refractivity contribution in [2.45, 2.75) is 45.7 Å². The quantitative estimate of drug-likeness (QED) is 0.430. The van der Waals surface area contributed by atoms with Gasteiger partial charge in [0.05, 0.1) is 31.7 Å². The van der Waals surface area contributed by atoms with Gasteiger partial charge in [-0.05, 0) is 51.3 Å². The summed E-state index contributed by atoms with van der Waals surface area (Å²) in [7, 11) is 1.60. The number of ether oxygens (including phenoxy) is 2. The van der Waals surface area contributed by atoms with E-state index in [-0.39, 0.29) is 18.1 Å². The number of thiophene rings is 1. The highest BCUT2D eigenvalue weighted by atomic mass is 32.1. The number of hydrogen-bond donors (Lipinski definition) is 2. The van der Waals surface area contributed by atoms with Crippen LogP contribution in [0.1, 0.15) is 48.2 Å². The Hall–Kier alpha value is -3.93. The fourth-order valence-electron chi connectivity index (χ4n) is 4.33. The number of benzene rings is 1. The van der Waals surface area contributed by atoms with E-state index in [1.165, 1.54) is 17.2 Å². The molecular formula is C25H30N6O5S. The summed E-state index contributed by atoms with van der Waals surface area (Å²) in [5, 5.41) is 14.7. The molecule has 3 amide bonds. The minimum absolute atomic E-state index is 0.167. The van der Waals surface area contributed by atoms with Crippen molar-refractivity contribution >= 4 is 34.2 Å². The van der Waals surface area contributed by atoms with E-state index in [4.69, 9.17) is 9.47 Å². The van der Waals surface area contributed by atoms with Crippen molar-refractivity contribution in [1.29, 1.82) is 0 Å². The lowest BCUT2D eigenvalue weighted by Crippen LogP contribution is -2.61. The van der Waals surface area contributed by atoms with Crippen molar-refractivity contribution in [3.8, 4) is 10.8 Å². The summed E-state index contributed by atoms with van der Waals surface area (Å²) in [5.74, 6) is 0.0177. The third-order valence-electron chi connectivity index (χ3n) is 6.21. The standard InChI is InChI=1S/C25H30N6O5S/c1-5-36-22(32)19-16(2)21(31-26-12-13-27-31)37-20(19)28-24(34)29-25(3)11-6-14-30(23(25)33)15-17-7-9-18(35-4)10-8-17/h7-10,12-13H,5-6,11,14-15H2,1-4H3,(H2,28,29,34). The number of carbonyl (C=O) groups excluding carboxylic acids is 3. The Morgan fingerprint density at radius 2 is 1.89 bits per heavy atom. The molecule has 3 heterocycles. The van der Waals surface area contributed by atoms with Crippen LogP contribution in [0.4, 0.5) is 9.80 Å². The van der Waals surface area contributed by atoms with Crippen LogP contribution >= 0.6 is 11.3 Å². The van der Waals surface area contributed by atoms with Crippen LogP contribution in [-0.2, 0) is 16.1 Å². The predicted octanol–water partition coefficient (Wildman–Crippen LogP) is 3.53. The molecule has 1 saturated heterocycles. The number of methoxy groups -OCH3 is 1. The fraction of sp³-hybridized carbons (Fsp3) is 0.400. The molecular weight excluding hydrogens is 496 g/mol. The number of likely N-dealkylation sites (tertiary alicyclic amines) is 1. The fourth-order valence-corrected chi connectivity index (χ4v) is 5.44. The molecule has 1 fully saturated rings. The summed E-state index contributed by atoms with van der Waals surface area (Å²) >= 11 is 1.15. The van der Waals surface area contributed by atoms with Gasteiger partial charge in [0.2, 0.25) is 5.91 Å². The molecule has 11 nitrogen and oxygen atoms in total. The van der Waals surface area contributed by atoms with Crippen LogP contribution in [0.25, 0.3) is 5.00 Å². The van der Waals surface area contributed by atoms with E-state index in [1.54, 1.807) is 32.8 Å². The second-order valence-electron chi connectivity index (χ2n) is 8.86. The van der Waals surface area contributed by atoms with E-state index in [1.807, 2.05) is 24.3 Å². The molecule has 0 spiro atoms. The van der Waals surface area contributed by atoms with E-state index in [0.29, 0.717) is 35.1 Å². The first-order chi connectivity index (χ1) is 17.8. The number of rotatable bonds is 8. The van der Waals surface area contributed by atoms with Gasteiger partial charge in [-0.15, -0.1) is 4.80 Å². The van der Waals surface area contributed by atoms with Crippen molar-refractivity contribution in [2.24, 2.45) is 0 Å². The minimum Gasteiger partial charge on any atom is -0.497 e. The Kier molecular flexibility index (Phi) is 7.77. The van der Waals surface area contributed by atoms with Crippen molar-refractivity contribution < 1.29 is 23.9 Å². The van der Waals surface area contributed by atoms with Gasteiger partial charge in [0, 0.05) is 18.7 Å². The van der Waals surface area contributed by atoms with Gasteiger partial charge < -0.3 is 19.7 Å². The molecule has 37 heavy (non-hydrogen) atoms. The lowest BCUT2D eigenvalue weighted by atomic mass is 9.89. The van der Waals surface area contributed by atoms with Gasteiger partial charge in [-0.3, -0.25) is 10.1 Å². The number of nitrogens with one attached hydrogen (secondary N) is 2. The van der Waals surface area contributed by atoms with Crippen molar-refractivity contribution in [3.05, 3.63) is 53.3 Å². The van der Waals surface area contributed by atoms with E-state index in [9.17, 15) is 14.4 Å². The van der Waals surface area contributed by atoms with Crippen LogP contribution in [0.5, 0.6) is 5.75 Å². The molecule has 1 unspecified atom stereocenters. The first-order valence-electron chi connectivity index (χ1n) is 11.9. The summed E-state index contributed by atoms with van der Waals surface area (Å²) < 4.78 is 10.4. The second-order valence-corrected chi connectivity index (χ2v) is 9.86. The molecule has 196 valence electrons. The highest BCUT2D eigenvalue weighted by Crippen LogP contribution is 2.36. The maximum atomic E-state index is 13.4. The normalized spacial score (nSPS) is 17.4. The molecule has 0 radical (unpaired) electrons. The zero-order valence-electron chi connectivity index (χ0n) is 21.2. The minimum atomic E-state index is -1.10. The smallest absolute Gasteiger partial charge is 0.341 e. The number of hydrogen-bond acceptors (Lipinski definition) is 8. The number of aromatic nitrogens is 3. The molecule has 0 bridgehead atoms. The van der Waals surface area contributed by atoms with Crippen molar-refractivity contribution in [3.63, 3.8) is 0 Å². The van der Waals surface area contributed by atoms with Gasteiger partial charge in [-0.1, -0.05) is 23.5 Å². The van der Waals surface area contributed by atoms with Crippen LogP contribution in [0.2, 0.25) is 0 Å². The Labute approximate surface area is 218 Å².